The first-order chi connectivity index (χ1) is 19.6. The van der Waals surface area contributed by atoms with Gasteiger partial charge in [-0.25, -0.2) is 9.18 Å². The number of methoxy groups -OCH3 is 1. The van der Waals surface area contributed by atoms with Gasteiger partial charge in [0.2, 0.25) is 11.8 Å². The lowest BCUT2D eigenvalue weighted by molar-refractivity contribution is -0.192. The van der Waals surface area contributed by atoms with E-state index < -0.39 is 53.3 Å². The van der Waals surface area contributed by atoms with Gasteiger partial charge >= 0.3 is 18.1 Å². The van der Waals surface area contributed by atoms with Crippen LogP contribution in [0.25, 0.3) is 0 Å². The maximum Gasteiger partial charge on any atom is 0.490 e. The van der Waals surface area contributed by atoms with Crippen LogP contribution in [-0.4, -0.2) is 82.5 Å². The number of nitrogens with zero attached hydrogens (tertiary/aromatic N) is 2. The van der Waals surface area contributed by atoms with E-state index in [0.29, 0.717) is 12.1 Å². The van der Waals surface area contributed by atoms with E-state index in [2.05, 4.69) is 5.32 Å². The first-order valence-electron chi connectivity index (χ1n) is 12.8. The highest BCUT2D eigenvalue weighted by Crippen LogP contribution is 2.44. The van der Waals surface area contributed by atoms with Crippen LogP contribution in [-0.2, 0) is 30.5 Å². The molecule has 0 aliphatic carbocycles. The highest BCUT2D eigenvalue weighted by molar-refractivity contribution is 6.09. The van der Waals surface area contributed by atoms with E-state index in [9.17, 15) is 36.7 Å². The summed E-state index contributed by atoms with van der Waals surface area (Å²) in [5, 5.41) is 10.3. The zero-order valence-corrected chi connectivity index (χ0v) is 22.9. The maximum atomic E-state index is 13.5. The number of halogens is 4. The molecular formula is C28H29F4N3O7. The third-order valence-electron chi connectivity index (χ3n) is 7.20. The van der Waals surface area contributed by atoms with E-state index in [4.69, 9.17) is 14.6 Å². The predicted molar refractivity (Wildman–Crippen MR) is 138 cm³/mol. The largest absolute Gasteiger partial charge is 0.490 e. The zero-order valence-electron chi connectivity index (χ0n) is 22.9. The van der Waals surface area contributed by atoms with Gasteiger partial charge in [0.1, 0.15) is 11.4 Å². The Morgan fingerprint density at radius 3 is 2.12 bits per heavy atom. The van der Waals surface area contributed by atoms with Gasteiger partial charge in [0, 0.05) is 24.7 Å². The minimum atomic E-state index is -5.08. The molecule has 226 valence electrons. The normalized spacial score (nSPS) is 23.1. The molecule has 2 heterocycles. The number of benzene rings is 2. The minimum Gasteiger partial charge on any atom is -0.475 e. The minimum absolute atomic E-state index is 0.0820. The number of likely N-dealkylation sites (tertiary alicyclic amines) is 1. The number of esters is 1. The standard InChI is InChI=1S/C26H28FN3O5.C2HF3O2/c1-4-29(22(31)17-10-12-18(27)13-11-17)15-19-20-21(26(2,28-19)25(34)35-3)24(33)30(23(20)32)14-16-8-6-5-7-9-16;3-2(4,5)1(6)7/h5-13,19-21,28H,4,14-15H2,1-3H3;(H,6,7)/t19-,20+,21-,26-;/m1./s1. The monoisotopic (exact) mass is 595 g/mol. The van der Waals surface area contributed by atoms with Gasteiger partial charge in [0.15, 0.2) is 0 Å². The van der Waals surface area contributed by atoms with Crippen LogP contribution in [0.3, 0.4) is 0 Å². The summed E-state index contributed by atoms with van der Waals surface area (Å²) in [6.45, 7) is 3.85. The van der Waals surface area contributed by atoms with Gasteiger partial charge in [0.25, 0.3) is 5.91 Å². The molecule has 3 amide bonds. The number of carbonyl (C=O) groups excluding carboxylic acids is 4. The zero-order chi connectivity index (χ0) is 31.4. The van der Waals surface area contributed by atoms with Crippen LogP contribution < -0.4 is 5.32 Å². The number of aliphatic carboxylic acids is 1. The number of alkyl halides is 3. The van der Waals surface area contributed by atoms with Crippen molar-refractivity contribution < 1.29 is 51.4 Å². The van der Waals surface area contributed by atoms with Crippen LogP contribution >= 0.6 is 0 Å². The molecule has 0 unspecified atom stereocenters. The van der Waals surface area contributed by atoms with Crippen LogP contribution in [0.1, 0.15) is 29.8 Å². The van der Waals surface area contributed by atoms with Crippen molar-refractivity contribution in [3.05, 3.63) is 71.5 Å². The number of hydrogen-bond donors (Lipinski definition) is 2. The summed E-state index contributed by atoms with van der Waals surface area (Å²) in [5.41, 5.74) is -0.334. The van der Waals surface area contributed by atoms with Crippen molar-refractivity contribution in [2.75, 3.05) is 20.2 Å². The van der Waals surface area contributed by atoms with Crippen molar-refractivity contribution in [2.24, 2.45) is 11.8 Å². The van der Waals surface area contributed by atoms with E-state index in [1.54, 1.807) is 13.8 Å². The number of amides is 3. The van der Waals surface area contributed by atoms with Gasteiger partial charge < -0.3 is 14.7 Å². The van der Waals surface area contributed by atoms with E-state index in [-0.39, 0.29) is 24.9 Å². The molecule has 0 spiro atoms. The van der Waals surface area contributed by atoms with Gasteiger partial charge in [0.05, 0.1) is 25.5 Å². The molecule has 2 aromatic rings. The summed E-state index contributed by atoms with van der Waals surface area (Å²) in [6.07, 6.45) is -5.08. The Labute approximate surface area is 238 Å². The fourth-order valence-corrected chi connectivity index (χ4v) is 5.17. The van der Waals surface area contributed by atoms with Crippen molar-refractivity contribution in [2.45, 2.75) is 38.1 Å². The molecule has 2 aliphatic rings. The van der Waals surface area contributed by atoms with Crippen molar-refractivity contribution in [1.29, 1.82) is 0 Å². The first-order valence-corrected chi connectivity index (χ1v) is 12.8. The fourth-order valence-electron chi connectivity index (χ4n) is 5.17. The molecule has 0 aromatic heterocycles. The molecule has 0 saturated carbocycles. The number of rotatable bonds is 7. The molecule has 2 aromatic carbocycles. The molecule has 0 bridgehead atoms. The number of hydrogen-bond acceptors (Lipinski definition) is 7. The third-order valence-corrected chi connectivity index (χ3v) is 7.20. The van der Waals surface area contributed by atoms with Crippen molar-refractivity contribution >= 4 is 29.7 Å². The smallest absolute Gasteiger partial charge is 0.475 e. The summed E-state index contributed by atoms with van der Waals surface area (Å²) in [4.78, 5) is 64.5. The highest BCUT2D eigenvalue weighted by Gasteiger charge is 2.66. The quantitative estimate of drug-likeness (QED) is 0.284. The SMILES string of the molecule is CCN(C[C@H]1N[C@@](C)(C(=O)OC)[C@H]2C(=O)N(Cc3ccccc3)C(=O)[C@@H]12)C(=O)c1ccc(F)cc1.O=C(O)C(F)(F)F. The van der Waals surface area contributed by atoms with Gasteiger partial charge in [-0.1, -0.05) is 30.3 Å². The van der Waals surface area contributed by atoms with E-state index in [1.807, 2.05) is 30.3 Å². The number of carbonyl (C=O) groups is 5. The van der Waals surface area contributed by atoms with Crippen molar-refractivity contribution in [3.8, 4) is 0 Å². The molecule has 2 fully saturated rings. The van der Waals surface area contributed by atoms with Crippen LogP contribution in [0.2, 0.25) is 0 Å². The lowest BCUT2D eigenvalue weighted by Gasteiger charge is -2.30. The summed E-state index contributed by atoms with van der Waals surface area (Å²) >= 11 is 0. The van der Waals surface area contributed by atoms with Gasteiger partial charge in [-0.05, 0) is 43.7 Å². The molecule has 2 N–H and O–H groups in total. The Bertz CT molecular complexity index is 1340. The van der Waals surface area contributed by atoms with Crippen molar-refractivity contribution in [3.63, 3.8) is 0 Å². The Morgan fingerprint density at radius 1 is 1.05 bits per heavy atom. The number of nitrogens with one attached hydrogen (secondary N) is 1. The lowest BCUT2D eigenvalue weighted by atomic mass is 9.81. The molecule has 2 saturated heterocycles. The Kier molecular flexibility index (Phi) is 9.71. The van der Waals surface area contributed by atoms with Crippen LogP contribution in [0, 0.1) is 17.7 Å². The summed E-state index contributed by atoms with van der Waals surface area (Å²) in [7, 11) is 1.23. The van der Waals surface area contributed by atoms with Crippen LogP contribution in [0.5, 0.6) is 0 Å². The summed E-state index contributed by atoms with van der Waals surface area (Å²) < 4.78 is 50.0. The average Bonchev–Trinajstić information content (AvgIpc) is 3.39. The van der Waals surface area contributed by atoms with E-state index >= 15 is 0 Å². The predicted octanol–water partition coefficient (Wildman–Crippen LogP) is 2.63. The van der Waals surface area contributed by atoms with Crippen molar-refractivity contribution in [1.82, 2.24) is 15.1 Å². The second-order valence-corrected chi connectivity index (χ2v) is 9.85. The Hall–Kier alpha value is -4.33. The topological polar surface area (TPSA) is 133 Å². The van der Waals surface area contributed by atoms with E-state index in [0.717, 1.165) is 5.56 Å². The molecule has 2 aliphatic heterocycles. The molecule has 4 atom stereocenters. The van der Waals surface area contributed by atoms with Crippen LogP contribution in [0.15, 0.2) is 54.6 Å². The second-order valence-electron chi connectivity index (χ2n) is 9.85. The Morgan fingerprint density at radius 2 is 1.62 bits per heavy atom. The van der Waals surface area contributed by atoms with E-state index in [1.165, 1.54) is 41.2 Å². The number of ether oxygens (including phenoxy) is 1. The molecule has 14 heteroatoms. The average molecular weight is 596 g/mol. The number of carboxylic acids is 1. The number of carboxylic acid groups (broad SMARTS) is 1. The Balaban J connectivity index is 0.000000616. The molecule has 4 rings (SSSR count). The number of likely N-dealkylation sites (N-methyl/N-ethyl adjacent to an activating group) is 1. The molecule has 0 radical (unpaired) electrons. The molecule has 10 nitrogen and oxygen atoms in total. The van der Waals surface area contributed by atoms with Crippen LogP contribution in [0.4, 0.5) is 17.6 Å². The summed E-state index contributed by atoms with van der Waals surface area (Å²) in [6, 6.07) is 13.7. The van der Waals surface area contributed by atoms with Gasteiger partial charge in [-0.15, -0.1) is 0 Å². The maximum absolute atomic E-state index is 13.5. The fraction of sp³-hybridized carbons (Fsp3) is 0.393. The summed E-state index contributed by atoms with van der Waals surface area (Å²) in [5.74, 6) is -6.83. The highest BCUT2D eigenvalue weighted by atomic mass is 19.4. The molecule has 42 heavy (non-hydrogen) atoms. The number of imide groups is 1. The number of fused-ring (bicyclic) bond motifs is 1. The lowest BCUT2D eigenvalue weighted by Crippen LogP contribution is -2.56. The molecular weight excluding hydrogens is 566 g/mol. The third kappa shape index (κ3) is 6.59. The second kappa shape index (κ2) is 12.7. The first kappa shape index (κ1) is 32.2. The van der Waals surface area contributed by atoms with Gasteiger partial charge in [-0.3, -0.25) is 29.4 Å². The van der Waals surface area contributed by atoms with Gasteiger partial charge in [-0.2, -0.15) is 13.2 Å².